The van der Waals surface area contributed by atoms with E-state index in [1.54, 1.807) is 13.2 Å². The average Bonchev–Trinajstić information content (AvgIpc) is 2.97. The molecule has 0 amide bonds. The van der Waals surface area contributed by atoms with E-state index < -0.39 is 0 Å². The monoisotopic (exact) mass is 286 g/mol. The van der Waals surface area contributed by atoms with Gasteiger partial charge in [-0.05, 0) is 24.3 Å². The second-order valence-electron chi connectivity index (χ2n) is 4.10. The summed E-state index contributed by atoms with van der Waals surface area (Å²) in [5, 5.41) is 4.56. The summed E-state index contributed by atoms with van der Waals surface area (Å²) in [6.45, 7) is 0. The van der Waals surface area contributed by atoms with Crippen molar-refractivity contribution < 1.29 is 9.26 Å². The van der Waals surface area contributed by atoms with E-state index in [1.807, 2.05) is 42.5 Å². The number of hydrogen-bond donors (Lipinski definition) is 0. The predicted molar refractivity (Wildman–Crippen MR) is 76.7 cm³/mol. The number of benzene rings is 2. The van der Waals surface area contributed by atoms with Gasteiger partial charge in [-0.2, -0.15) is 4.98 Å². The number of ether oxygens (including phenoxy) is 1. The quantitative estimate of drug-likeness (QED) is 0.728. The summed E-state index contributed by atoms with van der Waals surface area (Å²) in [4.78, 5) is 4.38. The first-order valence-corrected chi connectivity index (χ1v) is 6.39. The van der Waals surface area contributed by atoms with E-state index in [0.29, 0.717) is 22.5 Å². The number of nitrogens with zero attached hydrogens (tertiary/aromatic N) is 2. The summed E-state index contributed by atoms with van der Waals surface area (Å²) in [6, 6.07) is 14.8. The zero-order valence-electron chi connectivity index (χ0n) is 10.7. The summed E-state index contributed by atoms with van der Waals surface area (Å²) in [5.74, 6) is 1.54. The Balaban J connectivity index is 2.05. The lowest BCUT2D eigenvalue weighted by Gasteiger charge is -2.02. The first kappa shape index (κ1) is 12.7. The van der Waals surface area contributed by atoms with Crippen molar-refractivity contribution in [3.63, 3.8) is 0 Å². The maximum absolute atomic E-state index is 6.13. The molecule has 100 valence electrons. The maximum atomic E-state index is 6.13. The third-order valence-corrected chi connectivity index (χ3v) is 3.21. The molecule has 1 aromatic heterocycles. The van der Waals surface area contributed by atoms with E-state index in [0.717, 1.165) is 11.1 Å². The number of methoxy groups -OCH3 is 1. The molecule has 2 aromatic carbocycles. The number of aromatic nitrogens is 2. The second kappa shape index (κ2) is 5.35. The first-order valence-electron chi connectivity index (χ1n) is 6.01. The van der Waals surface area contributed by atoms with Gasteiger partial charge >= 0.3 is 0 Å². The summed E-state index contributed by atoms with van der Waals surface area (Å²) in [7, 11) is 1.60. The van der Waals surface area contributed by atoms with Crippen LogP contribution in [-0.2, 0) is 0 Å². The zero-order chi connectivity index (χ0) is 13.9. The van der Waals surface area contributed by atoms with Crippen LogP contribution in [0.25, 0.3) is 22.8 Å². The molecule has 0 radical (unpaired) electrons. The van der Waals surface area contributed by atoms with Gasteiger partial charge in [-0.25, -0.2) is 0 Å². The topological polar surface area (TPSA) is 48.2 Å². The minimum atomic E-state index is 0.400. The minimum Gasteiger partial charge on any atom is -0.496 e. The van der Waals surface area contributed by atoms with Crippen LogP contribution in [0.1, 0.15) is 0 Å². The van der Waals surface area contributed by atoms with Crippen LogP contribution in [-0.4, -0.2) is 17.3 Å². The molecule has 0 unspecified atom stereocenters. The number of hydrogen-bond acceptors (Lipinski definition) is 4. The highest BCUT2D eigenvalue weighted by atomic mass is 35.5. The molecule has 0 fully saturated rings. The van der Waals surface area contributed by atoms with Crippen molar-refractivity contribution >= 4 is 11.6 Å². The molecule has 0 atom stereocenters. The van der Waals surface area contributed by atoms with E-state index >= 15 is 0 Å². The van der Waals surface area contributed by atoms with E-state index in [4.69, 9.17) is 20.9 Å². The number of para-hydroxylation sites is 1. The highest BCUT2D eigenvalue weighted by molar-refractivity contribution is 6.33. The van der Waals surface area contributed by atoms with Gasteiger partial charge in [-0.15, -0.1) is 0 Å². The molecule has 0 saturated carbocycles. The van der Waals surface area contributed by atoms with Crippen molar-refractivity contribution in [2.45, 2.75) is 0 Å². The smallest absolute Gasteiger partial charge is 0.262 e. The fraction of sp³-hybridized carbons (Fsp3) is 0.0667. The van der Waals surface area contributed by atoms with Gasteiger partial charge in [0.25, 0.3) is 5.89 Å². The van der Waals surface area contributed by atoms with Gasteiger partial charge in [0.1, 0.15) is 5.75 Å². The number of halogens is 1. The average molecular weight is 287 g/mol. The Kier molecular flexibility index (Phi) is 3.39. The van der Waals surface area contributed by atoms with Crippen molar-refractivity contribution in [2.75, 3.05) is 7.11 Å². The van der Waals surface area contributed by atoms with Crippen LogP contribution in [0.15, 0.2) is 53.1 Å². The molecular weight excluding hydrogens is 276 g/mol. The van der Waals surface area contributed by atoms with Crippen molar-refractivity contribution in [1.82, 2.24) is 10.1 Å². The van der Waals surface area contributed by atoms with Crippen LogP contribution < -0.4 is 4.74 Å². The van der Waals surface area contributed by atoms with Crippen LogP contribution >= 0.6 is 11.6 Å². The Hall–Kier alpha value is -2.33. The van der Waals surface area contributed by atoms with E-state index in [2.05, 4.69) is 10.1 Å². The highest BCUT2D eigenvalue weighted by Gasteiger charge is 2.15. The molecule has 0 saturated heterocycles. The first-order chi connectivity index (χ1) is 9.79. The second-order valence-corrected chi connectivity index (χ2v) is 4.51. The maximum Gasteiger partial charge on any atom is 0.262 e. The van der Waals surface area contributed by atoms with Crippen LogP contribution in [0.5, 0.6) is 5.75 Å². The molecule has 4 nitrogen and oxygen atoms in total. The molecule has 3 rings (SSSR count). The van der Waals surface area contributed by atoms with Gasteiger partial charge in [0.15, 0.2) is 0 Å². The third-order valence-electron chi connectivity index (χ3n) is 2.88. The normalized spacial score (nSPS) is 10.5. The molecule has 0 spiro atoms. The molecule has 20 heavy (non-hydrogen) atoms. The van der Waals surface area contributed by atoms with E-state index in [-0.39, 0.29) is 0 Å². The molecule has 1 heterocycles. The van der Waals surface area contributed by atoms with Crippen LogP contribution in [0.3, 0.4) is 0 Å². The van der Waals surface area contributed by atoms with Gasteiger partial charge < -0.3 is 9.26 Å². The molecule has 0 N–H and O–H groups in total. The summed E-state index contributed by atoms with van der Waals surface area (Å²) < 4.78 is 10.6. The van der Waals surface area contributed by atoms with Crippen LogP contribution in [0, 0.1) is 0 Å². The molecule has 0 bridgehead atoms. The number of rotatable bonds is 3. The van der Waals surface area contributed by atoms with Crippen molar-refractivity contribution in [3.8, 4) is 28.6 Å². The lowest BCUT2D eigenvalue weighted by atomic mass is 10.2. The van der Waals surface area contributed by atoms with Crippen molar-refractivity contribution in [1.29, 1.82) is 0 Å². The highest BCUT2D eigenvalue weighted by Crippen LogP contribution is 2.31. The van der Waals surface area contributed by atoms with E-state index in [1.165, 1.54) is 0 Å². The van der Waals surface area contributed by atoms with Crippen LogP contribution in [0.4, 0.5) is 0 Å². The van der Waals surface area contributed by atoms with E-state index in [9.17, 15) is 0 Å². The minimum absolute atomic E-state index is 0.400. The van der Waals surface area contributed by atoms with Crippen LogP contribution in [0.2, 0.25) is 5.02 Å². The fourth-order valence-electron chi connectivity index (χ4n) is 1.91. The molecule has 0 aliphatic heterocycles. The van der Waals surface area contributed by atoms with Gasteiger partial charge in [-0.3, -0.25) is 0 Å². The summed E-state index contributed by atoms with van der Waals surface area (Å²) in [6.07, 6.45) is 0. The summed E-state index contributed by atoms with van der Waals surface area (Å²) in [5.41, 5.74) is 1.49. The Morgan fingerprint density at radius 1 is 1.00 bits per heavy atom. The largest absolute Gasteiger partial charge is 0.496 e. The Morgan fingerprint density at radius 3 is 2.45 bits per heavy atom. The fourth-order valence-corrected chi connectivity index (χ4v) is 2.13. The zero-order valence-corrected chi connectivity index (χ0v) is 11.5. The molecular formula is C15H11ClN2O2. The lowest BCUT2D eigenvalue weighted by molar-refractivity contribution is 0.405. The van der Waals surface area contributed by atoms with Crippen molar-refractivity contribution in [3.05, 3.63) is 53.6 Å². The van der Waals surface area contributed by atoms with Gasteiger partial charge in [0.2, 0.25) is 5.82 Å². The standard InChI is InChI=1S/C15H11ClN2O2/c1-19-13-9-5-3-7-11(13)15-17-14(18-20-15)10-6-2-4-8-12(10)16/h2-9H,1H3. The lowest BCUT2D eigenvalue weighted by Crippen LogP contribution is -1.87. The molecule has 0 aliphatic carbocycles. The van der Waals surface area contributed by atoms with Gasteiger partial charge in [-0.1, -0.05) is 41.0 Å². The predicted octanol–water partition coefficient (Wildman–Crippen LogP) is 4.07. The SMILES string of the molecule is COc1ccccc1-c1nc(-c2ccccc2Cl)no1. The van der Waals surface area contributed by atoms with Crippen molar-refractivity contribution in [2.24, 2.45) is 0 Å². The Labute approximate surface area is 121 Å². The molecule has 3 aromatic rings. The molecule has 5 heteroatoms. The molecule has 0 aliphatic rings. The summed E-state index contributed by atoms with van der Waals surface area (Å²) >= 11 is 6.13. The van der Waals surface area contributed by atoms with Gasteiger partial charge in [0, 0.05) is 5.56 Å². The Morgan fingerprint density at radius 2 is 1.70 bits per heavy atom. The third kappa shape index (κ3) is 2.26. The van der Waals surface area contributed by atoms with Gasteiger partial charge in [0.05, 0.1) is 17.7 Å². The Bertz CT molecular complexity index is 740.